The molecular formula is C14H23NO3S2. The van der Waals surface area contributed by atoms with Gasteiger partial charge in [-0.1, -0.05) is 19.3 Å². The standard InChI is InChI=1S/C14H23NO3S2/c1-11-8-9-14(19-11)13(18-2)10-15-20(16,17)12-6-4-3-5-7-12/h8-9,12-13,15H,3-7,10H2,1-2H3/t13-/m1/s1. The Morgan fingerprint density at radius 1 is 1.35 bits per heavy atom. The summed E-state index contributed by atoms with van der Waals surface area (Å²) in [4.78, 5) is 2.27. The van der Waals surface area contributed by atoms with Crippen LogP contribution in [0.25, 0.3) is 0 Å². The van der Waals surface area contributed by atoms with E-state index in [4.69, 9.17) is 4.74 Å². The molecule has 0 unspecified atom stereocenters. The number of sulfonamides is 1. The summed E-state index contributed by atoms with van der Waals surface area (Å²) in [6.07, 6.45) is 4.55. The summed E-state index contributed by atoms with van der Waals surface area (Å²) in [5.74, 6) is 0. The number of rotatable bonds is 6. The monoisotopic (exact) mass is 317 g/mol. The van der Waals surface area contributed by atoms with Crippen LogP contribution in [-0.4, -0.2) is 27.3 Å². The summed E-state index contributed by atoms with van der Waals surface area (Å²) >= 11 is 1.65. The summed E-state index contributed by atoms with van der Waals surface area (Å²) < 4.78 is 32.7. The van der Waals surface area contributed by atoms with E-state index in [1.165, 1.54) is 4.88 Å². The Bertz CT molecular complexity index is 518. The third kappa shape index (κ3) is 4.04. The van der Waals surface area contributed by atoms with Crippen LogP contribution in [0.1, 0.15) is 48.0 Å². The smallest absolute Gasteiger partial charge is 0.214 e. The normalized spacial score (nSPS) is 19.1. The van der Waals surface area contributed by atoms with Crippen molar-refractivity contribution in [1.29, 1.82) is 0 Å². The minimum atomic E-state index is -3.22. The molecule has 6 heteroatoms. The maximum Gasteiger partial charge on any atom is 0.214 e. The Balaban J connectivity index is 1.95. The lowest BCUT2D eigenvalue weighted by molar-refractivity contribution is 0.110. The first-order valence-electron chi connectivity index (χ1n) is 7.10. The van der Waals surface area contributed by atoms with Crippen LogP contribution in [0.3, 0.4) is 0 Å². The fourth-order valence-corrected chi connectivity index (χ4v) is 5.14. The zero-order chi connectivity index (χ0) is 14.6. The predicted octanol–water partition coefficient (Wildman–Crippen LogP) is 3.00. The second kappa shape index (κ2) is 7.02. The fraction of sp³-hybridized carbons (Fsp3) is 0.714. The molecule has 1 fully saturated rings. The van der Waals surface area contributed by atoms with Crippen LogP contribution in [0.2, 0.25) is 0 Å². The van der Waals surface area contributed by atoms with Gasteiger partial charge in [0.05, 0.1) is 5.25 Å². The fourth-order valence-electron chi connectivity index (χ4n) is 2.61. The largest absolute Gasteiger partial charge is 0.375 e. The molecule has 0 bridgehead atoms. The average molecular weight is 317 g/mol. The lowest BCUT2D eigenvalue weighted by Crippen LogP contribution is -2.37. The molecule has 4 nitrogen and oxygen atoms in total. The summed E-state index contributed by atoms with van der Waals surface area (Å²) in [5.41, 5.74) is 0. The third-order valence-electron chi connectivity index (χ3n) is 3.82. The molecule has 114 valence electrons. The second-order valence-electron chi connectivity index (χ2n) is 5.33. The Hall–Kier alpha value is -0.430. The zero-order valence-corrected chi connectivity index (χ0v) is 13.7. The molecule has 1 aliphatic carbocycles. The first kappa shape index (κ1) is 15.9. The van der Waals surface area contributed by atoms with E-state index in [1.807, 2.05) is 19.1 Å². The van der Waals surface area contributed by atoms with Gasteiger partial charge in [-0.15, -0.1) is 11.3 Å². The van der Waals surface area contributed by atoms with E-state index in [-0.39, 0.29) is 11.4 Å². The SMILES string of the molecule is CO[C@H](CNS(=O)(=O)C1CCCCC1)c1ccc(C)s1. The van der Waals surface area contributed by atoms with E-state index in [2.05, 4.69) is 4.72 Å². The van der Waals surface area contributed by atoms with Crippen molar-refractivity contribution in [2.75, 3.05) is 13.7 Å². The van der Waals surface area contributed by atoms with Crippen molar-refractivity contribution in [3.63, 3.8) is 0 Å². The lowest BCUT2D eigenvalue weighted by Gasteiger charge is -2.23. The highest BCUT2D eigenvalue weighted by atomic mass is 32.2. The molecule has 1 aromatic heterocycles. The summed E-state index contributed by atoms with van der Waals surface area (Å²) in [7, 11) is -1.60. The average Bonchev–Trinajstić information content (AvgIpc) is 2.87. The number of nitrogens with one attached hydrogen (secondary N) is 1. The number of aryl methyl sites for hydroxylation is 1. The van der Waals surface area contributed by atoms with E-state index < -0.39 is 10.0 Å². The van der Waals surface area contributed by atoms with Crippen molar-refractivity contribution in [2.45, 2.75) is 50.4 Å². The van der Waals surface area contributed by atoms with Crippen LogP contribution in [0.5, 0.6) is 0 Å². The first-order valence-corrected chi connectivity index (χ1v) is 9.47. The molecule has 0 spiro atoms. The molecule has 1 heterocycles. The topological polar surface area (TPSA) is 55.4 Å². The minimum Gasteiger partial charge on any atom is -0.375 e. The Morgan fingerprint density at radius 3 is 2.60 bits per heavy atom. The number of thiophene rings is 1. The Morgan fingerprint density at radius 2 is 2.05 bits per heavy atom. The van der Waals surface area contributed by atoms with Crippen molar-refractivity contribution < 1.29 is 13.2 Å². The maximum atomic E-state index is 12.3. The van der Waals surface area contributed by atoms with Gasteiger partial charge in [-0.05, 0) is 31.9 Å². The number of hydrogen-bond donors (Lipinski definition) is 1. The molecule has 0 saturated heterocycles. The van der Waals surface area contributed by atoms with E-state index in [0.717, 1.165) is 37.0 Å². The second-order valence-corrected chi connectivity index (χ2v) is 8.69. The van der Waals surface area contributed by atoms with E-state index in [0.29, 0.717) is 6.54 Å². The highest BCUT2D eigenvalue weighted by Gasteiger charge is 2.28. The summed E-state index contributed by atoms with van der Waals surface area (Å²) in [6.45, 7) is 2.35. The molecule has 1 aliphatic rings. The van der Waals surface area contributed by atoms with Crippen LogP contribution in [0.4, 0.5) is 0 Å². The van der Waals surface area contributed by atoms with Crippen molar-refractivity contribution in [1.82, 2.24) is 4.72 Å². The van der Waals surface area contributed by atoms with Crippen LogP contribution in [-0.2, 0) is 14.8 Å². The van der Waals surface area contributed by atoms with Crippen LogP contribution < -0.4 is 4.72 Å². The predicted molar refractivity (Wildman–Crippen MR) is 82.6 cm³/mol. The quantitative estimate of drug-likeness (QED) is 0.877. The molecule has 0 aromatic carbocycles. The van der Waals surface area contributed by atoms with Crippen molar-refractivity contribution >= 4 is 21.4 Å². The van der Waals surface area contributed by atoms with E-state index in [9.17, 15) is 8.42 Å². The third-order valence-corrected chi connectivity index (χ3v) is 6.83. The van der Waals surface area contributed by atoms with Gasteiger partial charge in [0.25, 0.3) is 0 Å². The summed E-state index contributed by atoms with van der Waals surface area (Å²) in [5, 5.41) is -0.223. The molecule has 0 radical (unpaired) electrons. The lowest BCUT2D eigenvalue weighted by atomic mass is 10.0. The van der Waals surface area contributed by atoms with Gasteiger partial charge in [-0.3, -0.25) is 0 Å². The van der Waals surface area contributed by atoms with Gasteiger partial charge in [0.2, 0.25) is 10.0 Å². The molecule has 20 heavy (non-hydrogen) atoms. The molecule has 1 saturated carbocycles. The Labute approximate surface area is 125 Å². The highest BCUT2D eigenvalue weighted by molar-refractivity contribution is 7.90. The van der Waals surface area contributed by atoms with Gasteiger partial charge in [0.15, 0.2) is 0 Å². The van der Waals surface area contributed by atoms with Gasteiger partial charge < -0.3 is 4.74 Å². The minimum absolute atomic E-state index is 0.202. The maximum absolute atomic E-state index is 12.3. The van der Waals surface area contributed by atoms with Gasteiger partial charge in [-0.2, -0.15) is 0 Å². The first-order chi connectivity index (χ1) is 9.53. The van der Waals surface area contributed by atoms with Gasteiger partial charge in [0, 0.05) is 23.4 Å². The van der Waals surface area contributed by atoms with Crippen LogP contribution in [0, 0.1) is 6.92 Å². The van der Waals surface area contributed by atoms with Gasteiger partial charge in [0.1, 0.15) is 6.10 Å². The van der Waals surface area contributed by atoms with E-state index in [1.54, 1.807) is 18.4 Å². The molecule has 1 N–H and O–H groups in total. The van der Waals surface area contributed by atoms with Gasteiger partial charge in [-0.25, -0.2) is 13.1 Å². The van der Waals surface area contributed by atoms with Crippen LogP contribution >= 0.6 is 11.3 Å². The van der Waals surface area contributed by atoms with Crippen molar-refractivity contribution in [3.8, 4) is 0 Å². The van der Waals surface area contributed by atoms with Crippen molar-refractivity contribution in [2.24, 2.45) is 0 Å². The van der Waals surface area contributed by atoms with E-state index >= 15 is 0 Å². The highest BCUT2D eigenvalue weighted by Crippen LogP contribution is 2.26. The molecule has 2 rings (SSSR count). The van der Waals surface area contributed by atoms with Gasteiger partial charge >= 0.3 is 0 Å². The molecular weight excluding hydrogens is 294 g/mol. The Kier molecular flexibility index (Phi) is 5.60. The number of ether oxygens (including phenoxy) is 1. The number of methoxy groups -OCH3 is 1. The molecule has 0 amide bonds. The molecule has 1 atom stereocenters. The summed E-state index contributed by atoms with van der Waals surface area (Å²) in [6, 6.07) is 4.03. The van der Waals surface area contributed by atoms with Crippen LogP contribution in [0.15, 0.2) is 12.1 Å². The molecule has 1 aromatic rings. The molecule has 0 aliphatic heterocycles. The zero-order valence-electron chi connectivity index (χ0n) is 12.1. The number of hydrogen-bond acceptors (Lipinski definition) is 4. The van der Waals surface area contributed by atoms with Crippen molar-refractivity contribution in [3.05, 3.63) is 21.9 Å².